The third-order valence-electron chi connectivity index (χ3n) is 2.59. The van der Waals surface area contributed by atoms with Crippen molar-refractivity contribution in [2.45, 2.75) is 32.2 Å². The largest absolute Gasteiger partial charge is 0.380 e. The van der Waals surface area contributed by atoms with Gasteiger partial charge in [-0.25, -0.2) is 13.1 Å². The Bertz CT molecular complexity index is 510. The molecule has 0 aromatic carbocycles. The van der Waals surface area contributed by atoms with Gasteiger partial charge in [0.1, 0.15) is 4.90 Å². The second-order valence-electron chi connectivity index (χ2n) is 5.07. The van der Waals surface area contributed by atoms with Gasteiger partial charge in [0.05, 0.1) is 6.61 Å². The van der Waals surface area contributed by atoms with Gasteiger partial charge in [-0.2, -0.15) is 0 Å². The molecule has 7 heteroatoms. The van der Waals surface area contributed by atoms with Gasteiger partial charge in [0.2, 0.25) is 10.0 Å². The molecule has 0 aliphatic heterocycles. The van der Waals surface area contributed by atoms with Gasteiger partial charge in [0, 0.05) is 24.6 Å². The summed E-state index contributed by atoms with van der Waals surface area (Å²) in [6, 6.07) is 0. The van der Waals surface area contributed by atoms with E-state index in [-0.39, 0.29) is 0 Å². The molecular weight excluding hydrogens is 296 g/mol. The molecule has 0 saturated carbocycles. The molecule has 0 bridgehead atoms. The van der Waals surface area contributed by atoms with E-state index in [0.717, 1.165) is 10.4 Å². The van der Waals surface area contributed by atoms with Gasteiger partial charge < -0.3 is 10.1 Å². The molecule has 2 N–H and O–H groups in total. The van der Waals surface area contributed by atoms with Crippen LogP contribution in [0.3, 0.4) is 0 Å². The van der Waals surface area contributed by atoms with Crippen molar-refractivity contribution in [3.05, 3.63) is 15.8 Å². The Morgan fingerprint density at radius 1 is 1.40 bits per heavy atom. The molecule has 1 aromatic heterocycles. The molecule has 0 atom stereocenters. The Kier molecular flexibility index (Phi) is 7.11. The fraction of sp³-hybridized carbons (Fsp3) is 0.692. The zero-order valence-electron chi connectivity index (χ0n) is 12.5. The molecule has 0 spiro atoms. The number of sulfonamides is 1. The maximum atomic E-state index is 12.3. The number of hydrogen-bond donors (Lipinski definition) is 2. The summed E-state index contributed by atoms with van der Waals surface area (Å²) >= 11 is 1.46. The van der Waals surface area contributed by atoms with Crippen molar-refractivity contribution in [3.8, 4) is 0 Å². The molecule has 1 rings (SSSR count). The Morgan fingerprint density at radius 3 is 2.70 bits per heavy atom. The lowest BCUT2D eigenvalue weighted by Crippen LogP contribution is -2.29. The lowest BCUT2D eigenvalue weighted by atomic mass is 10.2. The zero-order chi connectivity index (χ0) is 15.2. The van der Waals surface area contributed by atoms with Crippen molar-refractivity contribution in [1.29, 1.82) is 0 Å². The van der Waals surface area contributed by atoms with Crippen LogP contribution < -0.4 is 10.0 Å². The summed E-state index contributed by atoms with van der Waals surface area (Å²) in [5.41, 5.74) is 0.788. The Labute approximate surface area is 125 Å². The van der Waals surface area contributed by atoms with Crippen LogP contribution in [-0.2, 0) is 21.3 Å². The van der Waals surface area contributed by atoms with E-state index >= 15 is 0 Å². The van der Waals surface area contributed by atoms with Crippen molar-refractivity contribution in [1.82, 2.24) is 10.0 Å². The van der Waals surface area contributed by atoms with Crippen LogP contribution in [0.25, 0.3) is 0 Å². The van der Waals surface area contributed by atoms with E-state index in [9.17, 15) is 8.42 Å². The van der Waals surface area contributed by atoms with Crippen LogP contribution in [0.4, 0.5) is 0 Å². The number of thiophene rings is 1. The van der Waals surface area contributed by atoms with Gasteiger partial charge >= 0.3 is 0 Å². The van der Waals surface area contributed by atoms with E-state index < -0.39 is 10.0 Å². The molecular formula is C13H24N2O3S2. The van der Waals surface area contributed by atoms with Gasteiger partial charge in [-0.15, -0.1) is 11.3 Å². The predicted molar refractivity (Wildman–Crippen MR) is 82.7 cm³/mol. The molecule has 0 radical (unpaired) electrons. The minimum Gasteiger partial charge on any atom is -0.380 e. The average molecular weight is 320 g/mol. The van der Waals surface area contributed by atoms with E-state index in [2.05, 4.69) is 23.9 Å². The van der Waals surface area contributed by atoms with Crippen LogP contribution in [-0.4, -0.2) is 35.2 Å². The molecule has 0 amide bonds. The summed E-state index contributed by atoms with van der Waals surface area (Å²) < 4.78 is 32.6. The SMILES string of the molecule is CNCc1scc(C)c1S(=O)(=O)NCCOCC(C)C. The van der Waals surface area contributed by atoms with Crippen LogP contribution in [0, 0.1) is 12.8 Å². The summed E-state index contributed by atoms with van der Waals surface area (Å²) in [6.45, 7) is 7.82. The number of hydrogen-bond acceptors (Lipinski definition) is 5. The van der Waals surface area contributed by atoms with Gasteiger partial charge in [0.15, 0.2) is 0 Å². The highest BCUT2D eigenvalue weighted by Crippen LogP contribution is 2.26. The number of ether oxygens (including phenoxy) is 1. The quantitative estimate of drug-likeness (QED) is 0.680. The molecule has 0 unspecified atom stereocenters. The molecule has 0 saturated heterocycles. The summed E-state index contributed by atoms with van der Waals surface area (Å²) in [5, 5.41) is 4.86. The van der Waals surface area contributed by atoms with Gasteiger partial charge in [-0.1, -0.05) is 13.8 Å². The molecule has 5 nitrogen and oxygen atoms in total. The maximum Gasteiger partial charge on any atom is 0.242 e. The van der Waals surface area contributed by atoms with Crippen molar-refractivity contribution >= 4 is 21.4 Å². The summed E-state index contributed by atoms with van der Waals surface area (Å²) in [6.07, 6.45) is 0. The standard InChI is InChI=1S/C13H24N2O3S2/c1-10(2)8-18-6-5-15-20(16,17)13-11(3)9-19-12(13)7-14-4/h9-10,14-15H,5-8H2,1-4H3. The molecule has 0 aliphatic rings. The van der Waals surface area contributed by atoms with Crippen LogP contribution in [0.15, 0.2) is 10.3 Å². The first kappa shape index (κ1) is 17.6. The molecule has 0 fully saturated rings. The van der Waals surface area contributed by atoms with Crippen molar-refractivity contribution < 1.29 is 13.2 Å². The smallest absolute Gasteiger partial charge is 0.242 e. The Hall–Kier alpha value is -0.470. The fourth-order valence-corrected chi connectivity index (χ4v) is 4.60. The van der Waals surface area contributed by atoms with E-state index in [1.165, 1.54) is 11.3 Å². The number of nitrogens with one attached hydrogen (secondary N) is 2. The Balaban J connectivity index is 2.62. The number of rotatable bonds is 9. The lowest BCUT2D eigenvalue weighted by molar-refractivity contribution is 0.114. The highest BCUT2D eigenvalue weighted by atomic mass is 32.2. The van der Waals surface area contributed by atoms with Gasteiger partial charge in [0.25, 0.3) is 0 Å². The molecule has 1 aromatic rings. The fourth-order valence-electron chi connectivity index (χ4n) is 1.77. The predicted octanol–water partition coefficient (Wildman–Crippen LogP) is 1.73. The van der Waals surface area contributed by atoms with Crippen LogP contribution in [0.1, 0.15) is 24.3 Å². The molecule has 20 heavy (non-hydrogen) atoms. The first-order valence-corrected chi connectivity index (χ1v) is 9.03. The third-order valence-corrected chi connectivity index (χ3v) is 5.51. The minimum absolute atomic E-state index is 0.295. The number of aryl methyl sites for hydroxylation is 1. The molecule has 0 aliphatic carbocycles. The van der Waals surface area contributed by atoms with Crippen molar-refractivity contribution in [2.24, 2.45) is 5.92 Å². The second kappa shape index (κ2) is 8.09. The highest BCUT2D eigenvalue weighted by molar-refractivity contribution is 7.89. The van der Waals surface area contributed by atoms with Gasteiger partial charge in [-0.3, -0.25) is 0 Å². The Morgan fingerprint density at radius 2 is 2.10 bits per heavy atom. The van der Waals surface area contributed by atoms with Crippen LogP contribution >= 0.6 is 11.3 Å². The lowest BCUT2D eigenvalue weighted by Gasteiger charge is -2.10. The van der Waals surface area contributed by atoms with E-state index in [4.69, 9.17) is 4.74 Å². The van der Waals surface area contributed by atoms with Crippen LogP contribution in [0.2, 0.25) is 0 Å². The first-order chi connectivity index (χ1) is 9.38. The second-order valence-corrected chi connectivity index (χ2v) is 7.74. The highest BCUT2D eigenvalue weighted by Gasteiger charge is 2.22. The third kappa shape index (κ3) is 5.14. The van der Waals surface area contributed by atoms with Crippen LogP contribution in [0.5, 0.6) is 0 Å². The van der Waals surface area contributed by atoms with E-state index in [0.29, 0.717) is 37.1 Å². The summed E-state index contributed by atoms with van der Waals surface area (Å²) in [5.74, 6) is 0.452. The summed E-state index contributed by atoms with van der Waals surface area (Å²) in [4.78, 5) is 1.24. The minimum atomic E-state index is -3.46. The van der Waals surface area contributed by atoms with E-state index in [1.54, 1.807) is 7.05 Å². The van der Waals surface area contributed by atoms with E-state index in [1.807, 2.05) is 12.3 Å². The topological polar surface area (TPSA) is 67.4 Å². The average Bonchev–Trinajstić information content (AvgIpc) is 2.71. The normalized spacial score (nSPS) is 12.2. The summed E-state index contributed by atoms with van der Waals surface area (Å²) in [7, 11) is -1.66. The van der Waals surface area contributed by atoms with Crippen molar-refractivity contribution in [2.75, 3.05) is 26.8 Å². The first-order valence-electron chi connectivity index (χ1n) is 6.67. The van der Waals surface area contributed by atoms with Crippen molar-refractivity contribution in [3.63, 3.8) is 0 Å². The monoisotopic (exact) mass is 320 g/mol. The zero-order valence-corrected chi connectivity index (χ0v) is 14.2. The maximum absolute atomic E-state index is 12.3. The molecule has 116 valence electrons. The van der Waals surface area contributed by atoms with Gasteiger partial charge in [-0.05, 0) is 30.8 Å². The molecule has 1 heterocycles.